The highest BCUT2D eigenvalue weighted by Gasteiger charge is 2.39. The van der Waals surface area contributed by atoms with Gasteiger partial charge >= 0.3 is 0 Å². The molecule has 0 aliphatic heterocycles. The third-order valence-electron chi connectivity index (χ3n) is 10.9. The van der Waals surface area contributed by atoms with Gasteiger partial charge < -0.3 is 0 Å². The van der Waals surface area contributed by atoms with Crippen LogP contribution in [-0.2, 0) is 9.84 Å². The van der Waals surface area contributed by atoms with E-state index in [1.165, 1.54) is 33.4 Å². The van der Waals surface area contributed by atoms with Gasteiger partial charge in [0.25, 0.3) is 0 Å². The fourth-order valence-electron chi connectivity index (χ4n) is 8.61. The molecule has 6 aromatic rings. The van der Waals surface area contributed by atoms with Gasteiger partial charge in [0.15, 0.2) is 0 Å². The Hall–Kier alpha value is -5.25. The van der Waals surface area contributed by atoms with Crippen LogP contribution in [-0.4, -0.2) is 8.42 Å². The van der Waals surface area contributed by atoms with Crippen molar-refractivity contribution in [3.63, 3.8) is 0 Å². The molecule has 0 spiro atoms. The summed E-state index contributed by atoms with van der Waals surface area (Å²) in [6.07, 6.45) is 8.02. The second kappa shape index (κ2) is 14.5. The zero-order valence-electron chi connectivity index (χ0n) is 28.7. The zero-order valence-corrected chi connectivity index (χ0v) is 29.5. The second-order valence-corrected chi connectivity index (χ2v) is 16.0. The maximum absolute atomic E-state index is 15.2. The molecule has 2 fully saturated rings. The molecule has 0 radical (unpaired) electrons. The number of benzene rings is 6. The van der Waals surface area contributed by atoms with Crippen LogP contribution >= 0.6 is 0 Å². The van der Waals surface area contributed by atoms with Crippen LogP contribution in [0.3, 0.4) is 0 Å². The van der Waals surface area contributed by atoms with Gasteiger partial charge in [-0.3, -0.25) is 0 Å². The van der Waals surface area contributed by atoms with Crippen LogP contribution in [0.1, 0.15) is 82.7 Å². The smallest absolute Gasteiger partial charge is 0.207 e. The first-order valence-corrected chi connectivity index (χ1v) is 19.5. The van der Waals surface area contributed by atoms with E-state index in [4.69, 9.17) is 0 Å². The van der Waals surface area contributed by atoms with Crippen molar-refractivity contribution < 1.29 is 8.42 Å². The normalized spacial score (nSPS) is 22.0. The second-order valence-electron chi connectivity index (χ2n) is 14.1. The molecule has 0 N–H and O–H groups in total. The Morgan fingerprint density at radius 1 is 0.373 bits per heavy atom. The predicted octanol–water partition coefficient (Wildman–Crippen LogP) is 12.0. The summed E-state index contributed by atoms with van der Waals surface area (Å²) in [5.41, 5.74) is 9.38. The molecule has 0 amide bonds. The lowest BCUT2D eigenvalue weighted by Crippen LogP contribution is -2.15. The number of allylic oxidation sites excluding steroid dienone is 2. The lowest BCUT2D eigenvalue weighted by atomic mass is 9.84. The molecule has 0 aromatic heterocycles. The Labute approximate surface area is 302 Å². The summed E-state index contributed by atoms with van der Waals surface area (Å²) in [6.45, 7) is 0. The summed E-state index contributed by atoms with van der Waals surface area (Å²) < 4.78 is 30.4. The minimum atomic E-state index is -3.88. The molecule has 0 bridgehead atoms. The monoisotopic (exact) mass is 682 g/mol. The molecule has 2 saturated carbocycles. The van der Waals surface area contributed by atoms with E-state index in [1.807, 2.05) is 48.5 Å². The topological polar surface area (TPSA) is 34.1 Å². The highest BCUT2D eigenvalue weighted by Crippen LogP contribution is 2.53. The Bertz CT molecular complexity index is 2120. The summed E-state index contributed by atoms with van der Waals surface area (Å²) in [6, 6.07) is 57.7. The van der Waals surface area contributed by atoms with E-state index < -0.39 is 9.84 Å². The SMILES string of the molecule is O=S(=O)(c1ccccc1C1C/C(=C/c2ccccc2)CC1c1ccccc1)c1ccccc1C1C/C(=C/c2ccccc2)CC1c1ccccc1. The molecule has 4 unspecified atom stereocenters. The van der Waals surface area contributed by atoms with Crippen LogP contribution in [0.25, 0.3) is 12.2 Å². The molecule has 2 aliphatic rings. The Morgan fingerprint density at radius 2 is 0.686 bits per heavy atom. The van der Waals surface area contributed by atoms with Gasteiger partial charge in [0.05, 0.1) is 9.79 Å². The van der Waals surface area contributed by atoms with Gasteiger partial charge in [-0.2, -0.15) is 0 Å². The maximum atomic E-state index is 15.2. The van der Waals surface area contributed by atoms with Crippen molar-refractivity contribution in [3.8, 4) is 0 Å². The first kappa shape index (κ1) is 32.9. The largest absolute Gasteiger partial charge is 0.218 e. The van der Waals surface area contributed by atoms with Crippen LogP contribution in [0.2, 0.25) is 0 Å². The lowest BCUT2D eigenvalue weighted by molar-refractivity contribution is 0.575. The molecule has 6 aromatic carbocycles. The number of sulfone groups is 1. The summed E-state index contributed by atoms with van der Waals surface area (Å²) in [5.74, 6) is 0.417. The summed E-state index contributed by atoms with van der Waals surface area (Å²) in [7, 11) is -3.88. The summed E-state index contributed by atoms with van der Waals surface area (Å²) in [4.78, 5) is 0.859. The van der Waals surface area contributed by atoms with Crippen molar-refractivity contribution >= 4 is 22.0 Å². The highest BCUT2D eigenvalue weighted by atomic mass is 32.2. The van der Waals surface area contributed by atoms with Crippen LogP contribution in [0.4, 0.5) is 0 Å². The van der Waals surface area contributed by atoms with E-state index in [-0.39, 0.29) is 23.7 Å². The Morgan fingerprint density at radius 3 is 1.08 bits per heavy atom. The molecule has 0 heterocycles. The molecule has 2 nitrogen and oxygen atoms in total. The fraction of sp³-hybridized carbons (Fsp3) is 0.167. The molecular weight excluding hydrogens is 641 g/mol. The van der Waals surface area contributed by atoms with Crippen LogP contribution in [0.15, 0.2) is 191 Å². The van der Waals surface area contributed by atoms with Crippen LogP contribution in [0.5, 0.6) is 0 Å². The molecule has 8 rings (SSSR count). The average Bonchev–Trinajstić information content (AvgIpc) is 3.81. The van der Waals surface area contributed by atoms with Gasteiger partial charge in [0.2, 0.25) is 9.84 Å². The van der Waals surface area contributed by atoms with E-state index in [0.717, 1.165) is 36.8 Å². The molecule has 2 aliphatic carbocycles. The standard InChI is InChI=1S/C48H42O2S/c49-51(50,47-27-15-13-25-41(47)45-33-37(29-35-17-5-1-6-18-35)31-43(45)39-21-9-3-10-22-39)48-28-16-14-26-42(48)46-34-38(30-36-19-7-2-8-20-36)32-44(46)40-23-11-4-12-24-40/h1-30,43-46H,31-34H2/b37-29+,38-30+. The molecule has 51 heavy (non-hydrogen) atoms. The van der Waals surface area contributed by atoms with Crippen molar-refractivity contribution in [2.45, 2.75) is 59.1 Å². The van der Waals surface area contributed by atoms with Crippen molar-refractivity contribution in [1.82, 2.24) is 0 Å². The van der Waals surface area contributed by atoms with Gasteiger partial charge in [-0.15, -0.1) is 0 Å². The van der Waals surface area contributed by atoms with Gasteiger partial charge in [0.1, 0.15) is 0 Å². The predicted molar refractivity (Wildman–Crippen MR) is 209 cm³/mol. The molecule has 252 valence electrons. The lowest BCUT2D eigenvalue weighted by Gasteiger charge is -2.25. The molecule has 4 atom stereocenters. The van der Waals surface area contributed by atoms with E-state index in [0.29, 0.717) is 9.79 Å². The number of hydrogen-bond acceptors (Lipinski definition) is 2. The first-order valence-electron chi connectivity index (χ1n) is 18.1. The van der Waals surface area contributed by atoms with E-state index in [9.17, 15) is 0 Å². The Kier molecular flexibility index (Phi) is 9.39. The van der Waals surface area contributed by atoms with Crippen LogP contribution < -0.4 is 0 Å². The van der Waals surface area contributed by atoms with Crippen molar-refractivity contribution in [2.24, 2.45) is 0 Å². The minimum absolute atomic E-state index is 0.0319. The van der Waals surface area contributed by atoms with Crippen LogP contribution in [0, 0.1) is 0 Å². The Balaban J connectivity index is 1.21. The first-order chi connectivity index (χ1) is 25.0. The number of rotatable bonds is 8. The summed E-state index contributed by atoms with van der Waals surface area (Å²) in [5, 5.41) is 0. The van der Waals surface area contributed by atoms with E-state index in [1.54, 1.807) is 0 Å². The third kappa shape index (κ3) is 6.92. The van der Waals surface area contributed by atoms with Gasteiger partial charge in [-0.25, -0.2) is 8.42 Å². The van der Waals surface area contributed by atoms with Gasteiger partial charge in [-0.1, -0.05) is 181 Å². The minimum Gasteiger partial charge on any atom is -0.218 e. The quantitative estimate of drug-likeness (QED) is 0.160. The zero-order chi connectivity index (χ0) is 34.6. The maximum Gasteiger partial charge on any atom is 0.207 e. The highest BCUT2D eigenvalue weighted by molar-refractivity contribution is 7.91. The van der Waals surface area contributed by atoms with E-state index in [2.05, 4.69) is 133 Å². The molecule has 3 heteroatoms. The third-order valence-corrected chi connectivity index (χ3v) is 12.8. The van der Waals surface area contributed by atoms with Gasteiger partial charge in [-0.05, 0) is 94.9 Å². The number of hydrogen-bond donors (Lipinski definition) is 0. The van der Waals surface area contributed by atoms with Crippen molar-refractivity contribution in [3.05, 3.63) is 214 Å². The summed E-state index contributed by atoms with van der Waals surface area (Å²) >= 11 is 0. The van der Waals surface area contributed by atoms with Crippen molar-refractivity contribution in [1.29, 1.82) is 0 Å². The van der Waals surface area contributed by atoms with E-state index >= 15 is 8.42 Å². The van der Waals surface area contributed by atoms with Gasteiger partial charge in [0, 0.05) is 0 Å². The molecule has 0 saturated heterocycles. The average molecular weight is 683 g/mol. The van der Waals surface area contributed by atoms with Crippen molar-refractivity contribution in [2.75, 3.05) is 0 Å². The molecular formula is C48H42O2S. The fourth-order valence-corrected chi connectivity index (χ4v) is 10.4.